The van der Waals surface area contributed by atoms with Gasteiger partial charge in [0.2, 0.25) is 0 Å². The van der Waals surface area contributed by atoms with E-state index >= 15 is 0 Å². The van der Waals surface area contributed by atoms with Gasteiger partial charge in [-0.1, -0.05) is 106 Å². The molecule has 0 bridgehead atoms. The number of rotatable bonds is 1. The predicted octanol–water partition coefficient (Wildman–Crippen LogP) is 8.73. The highest BCUT2D eigenvalue weighted by molar-refractivity contribution is 5.89. The fraction of sp³-hybridized carbons (Fsp3) is 0.548. The first-order valence-electron chi connectivity index (χ1n) is 12.1. The van der Waals surface area contributed by atoms with Gasteiger partial charge in [-0.05, 0) is 85.4 Å². The summed E-state index contributed by atoms with van der Waals surface area (Å²) in [7, 11) is 0. The van der Waals surface area contributed by atoms with E-state index in [1.165, 1.54) is 46.2 Å². The molecule has 0 saturated carbocycles. The van der Waals surface area contributed by atoms with Crippen LogP contribution >= 0.6 is 0 Å². The van der Waals surface area contributed by atoms with Gasteiger partial charge in [0.1, 0.15) is 0 Å². The summed E-state index contributed by atoms with van der Waals surface area (Å²) in [6.45, 7) is 23.7. The van der Waals surface area contributed by atoms with E-state index < -0.39 is 0 Å². The van der Waals surface area contributed by atoms with Crippen molar-refractivity contribution < 1.29 is 0 Å². The largest absolute Gasteiger partial charge is 0.0561 e. The van der Waals surface area contributed by atoms with Crippen LogP contribution in [0.4, 0.5) is 0 Å². The molecule has 2 aliphatic carbocycles. The van der Waals surface area contributed by atoms with E-state index in [1.807, 2.05) is 0 Å². The molecule has 0 atom stereocenters. The molecule has 0 N–H and O–H groups in total. The Balaban J connectivity index is 1.82. The Labute approximate surface area is 191 Å². The van der Waals surface area contributed by atoms with Crippen molar-refractivity contribution in [3.8, 4) is 0 Å². The molecule has 0 unspecified atom stereocenters. The first-order chi connectivity index (χ1) is 14.1. The second-order valence-electron chi connectivity index (χ2n) is 13.5. The summed E-state index contributed by atoms with van der Waals surface area (Å²) >= 11 is 0. The van der Waals surface area contributed by atoms with E-state index in [1.54, 1.807) is 11.1 Å². The monoisotopic (exact) mass is 414 g/mol. The van der Waals surface area contributed by atoms with Gasteiger partial charge in [-0.15, -0.1) is 0 Å². The number of hydrogen-bond donors (Lipinski definition) is 0. The standard InChI is InChI=1S/C31H42/c1-28(2,3)24-15-23(16-25(19-24)29(4,5)6)20-13-21-17-26-27(18-22(21)14-20)31(9,10)12-11-30(26,7)8/h13,15-19H,11-12,14H2,1-10H3. The molecule has 2 aliphatic rings. The van der Waals surface area contributed by atoms with Crippen LogP contribution in [-0.2, 0) is 28.1 Å². The van der Waals surface area contributed by atoms with Gasteiger partial charge >= 0.3 is 0 Å². The Kier molecular flexibility index (Phi) is 4.94. The third-order valence-electron chi connectivity index (χ3n) is 7.86. The molecule has 0 fully saturated rings. The maximum Gasteiger partial charge on any atom is -0.00136 e. The summed E-state index contributed by atoms with van der Waals surface area (Å²) in [5.41, 5.74) is 12.7. The first kappa shape index (κ1) is 22.4. The molecule has 0 aliphatic heterocycles. The summed E-state index contributed by atoms with van der Waals surface area (Å²) in [6.07, 6.45) is 6.07. The van der Waals surface area contributed by atoms with E-state index in [4.69, 9.17) is 0 Å². The predicted molar refractivity (Wildman–Crippen MR) is 137 cm³/mol. The lowest BCUT2D eigenvalue weighted by Gasteiger charge is -2.42. The Morgan fingerprint density at radius 3 is 1.61 bits per heavy atom. The van der Waals surface area contributed by atoms with Crippen LogP contribution < -0.4 is 0 Å². The minimum atomic E-state index is 0.148. The van der Waals surface area contributed by atoms with E-state index in [2.05, 4.69) is 106 Å². The molecule has 2 aromatic rings. The molecule has 4 rings (SSSR count). The highest BCUT2D eigenvalue weighted by atomic mass is 14.4. The van der Waals surface area contributed by atoms with Crippen molar-refractivity contribution in [3.05, 3.63) is 69.3 Å². The van der Waals surface area contributed by atoms with Crippen LogP contribution in [0.5, 0.6) is 0 Å². The normalized spacial score (nSPS) is 19.6. The molecule has 0 amide bonds. The SMILES string of the molecule is CC(C)(C)c1cc(C2=Cc3cc4c(cc3C2)C(C)(C)CCC4(C)C)cc(C(C)(C)C)c1. The van der Waals surface area contributed by atoms with E-state index in [-0.39, 0.29) is 21.7 Å². The lowest BCUT2D eigenvalue weighted by Crippen LogP contribution is -2.34. The summed E-state index contributed by atoms with van der Waals surface area (Å²) in [4.78, 5) is 0. The second kappa shape index (κ2) is 6.84. The van der Waals surface area contributed by atoms with Gasteiger partial charge in [0.05, 0.1) is 0 Å². The summed E-state index contributed by atoms with van der Waals surface area (Å²) in [6, 6.07) is 12.4. The van der Waals surface area contributed by atoms with Gasteiger partial charge in [0, 0.05) is 0 Å². The number of hydrogen-bond acceptors (Lipinski definition) is 0. The zero-order valence-electron chi connectivity index (χ0n) is 21.6. The molecule has 0 radical (unpaired) electrons. The van der Waals surface area contributed by atoms with Crippen LogP contribution in [-0.4, -0.2) is 0 Å². The van der Waals surface area contributed by atoms with Gasteiger partial charge in [0.25, 0.3) is 0 Å². The number of fused-ring (bicyclic) bond motifs is 2. The molecule has 0 nitrogen and oxygen atoms in total. The van der Waals surface area contributed by atoms with Crippen LogP contribution in [0.25, 0.3) is 11.6 Å². The molecular weight excluding hydrogens is 372 g/mol. The van der Waals surface area contributed by atoms with Crippen LogP contribution in [0.2, 0.25) is 0 Å². The topological polar surface area (TPSA) is 0 Å². The van der Waals surface area contributed by atoms with Crippen molar-refractivity contribution >= 4 is 11.6 Å². The fourth-order valence-corrected chi connectivity index (χ4v) is 5.27. The Bertz CT molecular complexity index is 1030. The van der Waals surface area contributed by atoms with Crippen LogP contribution in [0, 0.1) is 0 Å². The molecule has 0 spiro atoms. The Hall–Kier alpha value is -1.82. The van der Waals surface area contributed by atoms with E-state index in [0.717, 1.165) is 6.42 Å². The summed E-state index contributed by atoms with van der Waals surface area (Å²) in [5, 5.41) is 0. The quantitative estimate of drug-likeness (QED) is 0.437. The first-order valence-corrected chi connectivity index (χ1v) is 12.1. The van der Waals surface area contributed by atoms with Crippen molar-refractivity contribution in [3.63, 3.8) is 0 Å². The van der Waals surface area contributed by atoms with Gasteiger partial charge < -0.3 is 0 Å². The summed E-state index contributed by atoms with van der Waals surface area (Å²) < 4.78 is 0. The summed E-state index contributed by atoms with van der Waals surface area (Å²) in [5.74, 6) is 0. The van der Waals surface area contributed by atoms with Crippen molar-refractivity contribution in [1.82, 2.24) is 0 Å². The van der Waals surface area contributed by atoms with Gasteiger partial charge in [-0.3, -0.25) is 0 Å². The Morgan fingerprint density at radius 2 is 1.13 bits per heavy atom. The highest BCUT2D eigenvalue weighted by Crippen LogP contribution is 2.48. The Morgan fingerprint density at radius 1 is 0.645 bits per heavy atom. The van der Waals surface area contributed by atoms with Gasteiger partial charge in [0.15, 0.2) is 0 Å². The molecule has 0 aromatic heterocycles. The average Bonchev–Trinajstić information content (AvgIpc) is 3.06. The molecular formula is C31H42. The van der Waals surface area contributed by atoms with Gasteiger partial charge in [-0.2, -0.15) is 0 Å². The minimum Gasteiger partial charge on any atom is -0.0561 e. The van der Waals surface area contributed by atoms with Crippen molar-refractivity contribution in [2.24, 2.45) is 0 Å². The lowest BCUT2D eigenvalue weighted by molar-refractivity contribution is 0.331. The number of benzene rings is 2. The lowest BCUT2D eigenvalue weighted by atomic mass is 9.62. The molecule has 166 valence electrons. The van der Waals surface area contributed by atoms with E-state index in [9.17, 15) is 0 Å². The van der Waals surface area contributed by atoms with E-state index in [0.29, 0.717) is 0 Å². The molecule has 0 heterocycles. The molecule has 2 aromatic carbocycles. The maximum atomic E-state index is 2.55. The molecule has 0 saturated heterocycles. The second-order valence-corrected chi connectivity index (χ2v) is 13.5. The third-order valence-corrected chi connectivity index (χ3v) is 7.86. The zero-order valence-corrected chi connectivity index (χ0v) is 21.6. The van der Waals surface area contributed by atoms with Crippen molar-refractivity contribution in [2.45, 2.75) is 110 Å². The van der Waals surface area contributed by atoms with Gasteiger partial charge in [-0.25, -0.2) is 0 Å². The molecule has 31 heavy (non-hydrogen) atoms. The fourth-order valence-electron chi connectivity index (χ4n) is 5.27. The minimum absolute atomic E-state index is 0.148. The molecule has 0 heteroatoms. The smallest absolute Gasteiger partial charge is 0.00136 e. The van der Waals surface area contributed by atoms with Crippen LogP contribution in [0.1, 0.15) is 121 Å². The average molecular weight is 415 g/mol. The maximum absolute atomic E-state index is 2.55. The number of allylic oxidation sites excluding steroid dienone is 1. The van der Waals surface area contributed by atoms with Crippen LogP contribution in [0.15, 0.2) is 30.3 Å². The zero-order chi connectivity index (χ0) is 23.0. The van der Waals surface area contributed by atoms with Crippen LogP contribution in [0.3, 0.4) is 0 Å². The highest BCUT2D eigenvalue weighted by Gasteiger charge is 2.38. The van der Waals surface area contributed by atoms with Crippen molar-refractivity contribution in [2.75, 3.05) is 0 Å². The van der Waals surface area contributed by atoms with Crippen molar-refractivity contribution in [1.29, 1.82) is 0 Å². The third kappa shape index (κ3) is 4.04.